The molecule has 0 unspecified atom stereocenters. The van der Waals surface area contributed by atoms with E-state index < -0.39 is 21.4 Å². The van der Waals surface area contributed by atoms with Gasteiger partial charge in [0.15, 0.2) is 0 Å². The molecule has 6 nitrogen and oxygen atoms in total. The predicted molar refractivity (Wildman–Crippen MR) is 423 cm³/mol. The van der Waals surface area contributed by atoms with Crippen molar-refractivity contribution in [2.24, 2.45) is 4.99 Å². The molecule has 1 amide bonds. The van der Waals surface area contributed by atoms with Crippen LogP contribution in [0.3, 0.4) is 0 Å². The maximum atomic E-state index is 12.4. The molecule has 0 atom stereocenters. The molecule has 0 saturated carbocycles. The molecule has 18 heteroatoms. The number of nitrogen functional groups attached to an aromatic ring is 1. The maximum absolute atomic E-state index is 12.4. The number of fused-ring (bicyclic) bond motifs is 1. The summed E-state index contributed by atoms with van der Waals surface area (Å²) in [6.45, 7) is 30.1. The number of nitrogens with zero attached hydrogens (tertiary/aromatic N) is 2. The van der Waals surface area contributed by atoms with Gasteiger partial charge in [-0.05, 0) is 162 Å². The molecule has 0 radical (unpaired) electrons. The zero-order valence-electron chi connectivity index (χ0n) is 55.0. The number of carbonyl (C=O) groups excluding carboxylic acids is 2. The van der Waals surface area contributed by atoms with E-state index in [1.165, 1.54) is 16.7 Å². The normalized spacial score (nSPS) is 10.9. The number of nitrogens with one attached hydrogen (secondary N) is 1. The van der Waals surface area contributed by atoms with E-state index in [0.717, 1.165) is 59.3 Å². The van der Waals surface area contributed by atoms with Gasteiger partial charge in [0.25, 0.3) is 11.1 Å². The molecule has 0 aliphatic heterocycles. The van der Waals surface area contributed by atoms with Gasteiger partial charge in [-0.2, -0.15) is 0 Å². The standard InChI is InChI=1S/C21H23BrClNSi.C18H15BrClN.C16H15BrClNO.C9H13N.C7H3BrCl2O.C5H9Si.Cu/c1-15(2)16-9-6-7-12-19(16)24-20(13-14-25(3,4)5)21-17(22)10-8-11-18(21)23;1-11(2)13-6-3-5-12-9-10-16(21-18(12)13)17-14(19)7-4-8-15(17)20;1-10(2)11-6-3-4-9-14(11)19-16(20)15-12(17)7-5-8-13(15)18;1-7(2)8-5-3-4-6-9(8)10;8-4-2-1-3-5(9)6(4)7(10)11;1-5-6(2,3)4;/h6-12,15H,1-5H3;3-11H,1-2H3;3-10H,1-2H3,(H,19,20);3-7H,10H2,1-2H3;1-3H;2-4H3;/q;;;;;-1;+1. The summed E-state index contributed by atoms with van der Waals surface area (Å²) in [7, 11) is -2.76. The van der Waals surface area contributed by atoms with Gasteiger partial charge < -0.3 is 23.0 Å². The van der Waals surface area contributed by atoms with E-state index >= 15 is 0 Å². The molecule has 496 valence electrons. The van der Waals surface area contributed by atoms with Gasteiger partial charge in [-0.15, -0.1) is 5.54 Å². The van der Waals surface area contributed by atoms with Gasteiger partial charge in [0.2, 0.25) is 0 Å². The van der Waals surface area contributed by atoms with E-state index in [-0.39, 0.29) is 23.0 Å². The van der Waals surface area contributed by atoms with Crippen molar-refractivity contribution in [3.63, 3.8) is 0 Å². The average Bonchev–Trinajstić information content (AvgIpc) is 0.885. The first-order valence-electron chi connectivity index (χ1n) is 29.9. The smallest absolute Gasteiger partial charge is 0.701 e. The maximum Gasteiger partial charge on any atom is 1.00 e. The number of hydrogen-bond acceptors (Lipinski definition) is 5. The number of carbonyl (C=O) groups is 2. The number of hydrogen-bond donors (Lipinski definition) is 2. The number of rotatable bonds is 10. The van der Waals surface area contributed by atoms with E-state index in [1.807, 2.05) is 103 Å². The van der Waals surface area contributed by atoms with Crippen molar-refractivity contribution in [1.29, 1.82) is 0 Å². The molecule has 0 fully saturated rings. The van der Waals surface area contributed by atoms with Crippen molar-refractivity contribution in [3.05, 3.63) is 259 Å². The van der Waals surface area contributed by atoms with Crippen molar-refractivity contribution in [2.75, 3.05) is 11.1 Å². The molecule has 0 spiro atoms. The number of aromatic nitrogens is 1. The summed E-state index contributed by atoms with van der Waals surface area (Å²) < 4.78 is 3.17. The summed E-state index contributed by atoms with van der Waals surface area (Å²) in [4.78, 5) is 32.9. The van der Waals surface area contributed by atoms with Crippen LogP contribution in [0.15, 0.2) is 199 Å². The second-order valence-electron chi connectivity index (χ2n) is 24.5. The number of anilines is 2. The molecule has 0 aliphatic rings. The number of halogens is 9. The third-order valence-corrected chi connectivity index (χ3v) is 19.0. The van der Waals surface area contributed by atoms with E-state index in [4.69, 9.17) is 80.1 Å². The molecule has 0 saturated heterocycles. The third kappa shape index (κ3) is 26.6. The van der Waals surface area contributed by atoms with Crippen LogP contribution in [0.5, 0.6) is 0 Å². The molecule has 9 aromatic rings. The zero-order valence-corrected chi connectivity index (χ0v) is 68.1. The van der Waals surface area contributed by atoms with Crippen LogP contribution < -0.4 is 11.1 Å². The van der Waals surface area contributed by atoms with Crippen LogP contribution in [0.4, 0.5) is 17.1 Å². The number of aliphatic imine (C=N–C) groups is 1. The molecule has 9 rings (SSSR count). The zero-order chi connectivity index (χ0) is 69.5. The van der Waals surface area contributed by atoms with Crippen LogP contribution in [0.25, 0.3) is 22.2 Å². The van der Waals surface area contributed by atoms with Gasteiger partial charge in [0.1, 0.15) is 13.8 Å². The Morgan fingerprint density at radius 3 is 1.38 bits per heavy atom. The molecule has 0 aliphatic carbocycles. The fourth-order valence-electron chi connectivity index (χ4n) is 8.57. The van der Waals surface area contributed by atoms with Crippen molar-refractivity contribution >= 4 is 183 Å². The summed E-state index contributed by atoms with van der Waals surface area (Å²) in [6, 6.07) is 56.4. The van der Waals surface area contributed by atoms with Gasteiger partial charge in [-0.1, -0.05) is 282 Å². The minimum Gasteiger partial charge on any atom is -0.701 e. The van der Waals surface area contributed by atoms with E-state index in [1.54, 1.807) is 36.4 Å². The molecule has 94 heavy (non-hydrogen) atoms. The summed E-state index contributed by atoms with van der Waals surface area (Å²) in [5.74, 6) is 4.80. The van der Waals surface area contributed by atoms with Crippen molar-refractivity contribution < 1.29 is 26.7 Å². The van der Waals surface area contributed by atoms with Crippen LogP contribution in [0.2, 0.25) is 59.4 Å². The summed E-state index contributed by atoms with van der Waals surface area (Å²) in [5.41, 5.74) is 24.3. The van der Waals surface area contributed by atoms with Crippen LogP contribution in [0.1, 0.15) is 128 Å². The van der Waals surface area contributed by atoms with Gasteiger partial charge in [-0.25, -0.2) is 9.98 Å². The Hall–Kier alpha value is -4.78. The molecular formula is C76H78Br4Cl5CuN4O2Si2. The molecule has 1 aromatic heterocycles. The Labute approximate surface area is 629 Å². The van der Waals surface area contributed by atoms with Gasteiger partial charge in [0, 0.05) is 45.8 Å². The average molecular weight is 1700 g/mol. The molecular weight excluding hydrogens is 1620 g/mol. The first-order chi connectivity index (χ1) is 43.7. The van der Waals surface area contributed by atoms with Crippen molar-refractivity contribution in [3.8, 4) is 28.3 Å². The monoisotopic (exact) mass is 1690 g/mol. The van der Waals surface area contributed by atoms with E-state index in [2.05, 4.69) is 217 Å². The largest absolute Gasteiger partial charge is 1.00 e. The quantitative estimate of drug-likeness (QED) is 0.0356. The second-order valence-corrected chi connectivity index (χ2v) is 39.3. The molecule has 8 aromatic carbocycles. The number of benzene rings is 8. The molecule has 1 heterocycles. The second kappa shape index (κ2) is 40.2. The van der Waals surface area contributed by atoms with Crippen LogP contribution in [0, 0.1) is 23.4 Å². The summed E-state index contributed by atoms with van der Waals surface area (Å²) in [6.07, 6.45) is 6.67. The fraction of sp³-hybridized carbons (Fsp3) is 0.237. The number of pyridine rings is 1. The number of para-hydroxylation sites is 4. The summed E-state index contributed by atoms with van der Waals surface area (Å²) >= 11 is 43.6. The van der Waals surface area contributed by atoms with Gasteiger partial charge in [0.05, 0.1) is 56.2 Å². The Morgan fingerprint density at radius 2 is 0.936 bits per heavy atom. The predicted octanol–water partition coefficient (Wildman–Crippen LogP) is 26.5. The van der Waals surface area contributed by atoms with Crippen LogP contribution >= 0.6 is 122 Å². The minimum atomic E-state index is -1.54. The van der Waals surface area contributed by atoms with Gasteiger partial charge in [-0.3, -0.25) is 9.59 Å². The Kier molecular flexibility index (Phi) is 35.7. The Morgan fingerprint density at radius 1 is 0.511 bits per heavy atom. The SMILES string of the molecule is CC(C)c1cccc2ccc(-c3c(Cl)cccc3Br)nc12.CC(C)c1ccccc1N.CC(C)c1ccccc1N=C(C#C[Si](C)(C)C)c1c(Cl)cccc1Br.CC(C)c1ccccc1NC(=O)c1c(Cl)cccc1Br.O=C(Cl)c1c(Cl)cccc1Br.[C-]#C[Si](C)(C)C.[Cu+]. The third-order valence-electron chi connectivity index (χ3n) is 13.3. The topological polar surface area (TPSA) is 97.4 Å². The number of nitrogens with two attached hydrogens (primary N) is 1. The Balaban J connectivity index is 0.000000308. The van der Waals surface area contributed by atoms with Crippen LogP contribution in [-0.4, -0.2) is 38.0 Å². The number of amides is 1. The molecule has 3 N–H and O–H groups in total. The van der Waals surface area contributed by atoms with Crippen LogP contribution in [-0.2, 0) is 17.1 Å². The molecule has 0 bridgehead atoms. The van der Waals surface area contributed by atoms with Crippen molar-refractivity contribution in [1.82, 2.24) is 4.98 Å². The van der Waals surface area contributed by atoms with Crippen molar-refractivity contribution in [2.45, 2.75) is 118 Å². The summed E-state index contributed by atoms with van der Waals surface area (Å²) in [5, 5.41) is 5.69. The Bertz CT molecular complexity index is 4090. The van der Waals surface area contributed by atoms with E-state index in [0.29, 0.717) is 69.5 Å². The fourth-order valence-corrected chi connectivity index (χ4v) is 13.2. The van der Waals surface area contributed by atoms with E-state index in [9.17, 15) is 9.59 Å². The first kappa shape index (κ1) is 83.5. The first-order valence-corrected chi connectivity index (χ1v) is 42.0. The minimum absolute atomic E-state index is 0. The van der Waals surface area contributed by atoms with Gasteiger partial charge >= 0.3 is 17.1 Å².